The highest BCUT2D eigenvalue weighted by atomic mass is 35.5. The van der Waals surface area contributed by atoms with Crippen LogP contribution in [-0.4, -0.2) is 28.8 Å². The SMILES string of the molecule is O=C1N[C@@H](c2ccc(F)cc2)[C@@H](C(=O)c2ccc(Cl)cc2)[C@](O)(C(F)(F)F)N1. The minimum Gasteiger partial charge on any atom is -0.363 e. The van der Waals surface area contributed by atoms with Crippen LogP contribution in [0.1, 0.15) is 22.0 Å². The van der Waals surface area contributed by atoms with Gasteiger partial charge in [0.2, 0.25) is 5.72 Å². The van der Waals surface area contributed by atoms with E-state index < -0.39 is 41.5 Å². The fraction of sp³-hybridized carbons (Fsp3) is 0.222. The Morgan fingerprint density at radius 2 is 1.64 bits per heavy atom. The molecule has 2 amide bonds. The number of halogens is 5. The predicted octanol–water partition coefficient (Wildman–Crippen LogP) is 3.58. The largest absolute Gasteiger partial charge is 0.437 e. The van der Waals surface area contributed by atoms with Crippen molar-refractivity contribution in [1.82, 2.24) is 10.6 Å². The van der Waals surface area contributed by atoms with Crippen LogP contribution in [0.5, 0.6) is 0 Å². The smallest absolute Gasteiger partial charge is 0.363 e. The fourth-order valence-electron chi connectivity index (χ4n) is 3.08. The quantitative estimate of drug-likeness (QED) is 0.528. The average Bonchev–Trinajstić information content (AvgIpc) is 2.61. The molecule has 0 aromatic heterocycles. The van der Waals surface area contributed by atoms with Crippen molar-refractivity contribution < 1.29 is 32.3 Å². The van der Waals surface area contributed by atoms with Gasteiger partial charge in [-0.3, -0.25) is 4.79 Å². The number of benzene rings is 2. The van der Waals surface area contributed by atoms with Crippen molar-refractivity contribution in [2.75, 3.05) is 0 Å². The summed E-state index contributed by atoms with van der Waals surface area (Å²) in [6, 6.07) is 6.35. The van der Waals surface area contributed by atoms with E-state index in [1.165, 1.54) is 29.6 Å². The molecule has 10 heteroatoms. The molecule has 3 atom stereocenters. The van der Waals surface area contributed by atoms with Gasteiger partial charge >= 0.3 is 12.2 Å². The van der Waals surface area contributed by atoms with Crippen LogP contribution in [0.3, 0.4) is 0 Å². The predicted molar refractivity (Wildman–Crippen MR) is 91.1 cm³/mol. The molecule has 1 fully saturated rings. The molecule has 1 aliphatic rings. The molecule has 28 heavy (non-hydrogen) atoms. The number of carbonyl (C=O) groups is 2. The lowest BCUT2D eigenvalue weighted by Crippen LogP contribution is -2.72. The van der Waals surface area contributed by atoms with Gasteiger partial charge in [0.25, 0.3) is 0 Å². The molecular weight excluding hydrogens is 404 g/mol. The number of Topliss-reactive ketones (excluding diaryl/α,β-unsaturated/α-hetero) is 1. The molecule has 148 valence electrons. The molecule has 2 aromatic carbocycles. The Hall–Kier alpha value is -2.65. The topological polar surface area (TPSA) is 78.4 Å². The second-order valence-electron chi connectivity index (χ2n) is 6.24. The van der Waals surface area contributed by atoms with E-state index in [9.17, 15) is 32.3 Å². The van der Waals surface area contributed by atoms with Crippen LogP contribution in [0.2, 0.25) is 5.02 Å². The van der Waals surface area contributed by atoms with Crippen LogP contribution >= 0.6 is 11.6 Å². The van der Waals surface area contributed by atoms with E-state index in [0.29, 0.717) is 0 Å². The molecular formula is C18H13ClF4N2O3. The van der Waals surface area contributed by atoms with Crippen molar-refractivity contribution in [2.45, 2.75) is 17.9 Å². The molecule has 3 rings (SSSR count). The Morgan fingerprint density at radius 1 is 1.07 bits per heavy atom. The van der Waals surface area contributed by atoms with Gasteiger partial charge in [0.1, 0.15) is 11.7 Å². The molecule has 0 spiro atoms. The third-order valence-corrected chi connectivity index (χ3v) is 4.70. The summed E-state index contributed by atoms with van der Waals surface area (Å²) in [6.07, 6.45) is -5.37. The second-order valence-corrected chi connectivity index (χ2v) is 6.68. The van der Waals surface area contributed by atoms with Gasteiger partial charge in [-0.1, -0.05) is 23.7 Å². The number of hydrogen-bond acceptors (Lipinski definition) is 3. The van der Waals surface area contributed by atoms with Crippen LogP contribution in [0.25, 0.3) is 0 Å². The molecule has 1 heterocycles. The second kappa shape index (κ2) is 7.06. The Kier molecular flexibility index (Phi) is 5.07. The summed E-state index contributed by atoms with van der Waals surface area (Å²) < 4.78 is 54.4. The summed E-state index contributed by atoms with van der Waals surface area (Å²) in [5.74, 6) is -3.93. The molecule has 0 unspecified atom stereocenters. The first kappa shape index (κ1) is 20.1. The van der Waals surface area contributed by atoms with E-state index in [2.05, 4.69) is 5.32 Å². The van der Waals surface area contributed by atoms with E-state index >= 15 is 0 Å². The minimum absolute atomic E-state index is 0.0197. The lowest BCUT2D eigenvalue weighted by molar-refractivity contribution is -0.287. The molecule has 5 nitrogen and oxygen atoms in total. The van der Waals surface area contributed by atoms with Gasteiger partial charge in [-0.25, -0.2) is 9.18 Å². The number of aliphatic hydroxyl groups is 1. The van der Waals surface area contributed by atoms with Crippen molar-refractivity contribution in [3.05, 3.63) is 70.5 Å². The maximum absolute atomic E-state index is 13.7. The summed E-state index contributed by atoms with van der Waals surface area (Å²) in [6.45, 7) is 0. The maximum Gasteiger partial charge on any atom is 0.437 e. The van der Waals surface area contributed by atoms with E-state index in [1.807, 2.05) is 0 Å². The monoisotopic (exact) mass is 416 g/mol. The maximum atomic E-state index is 13.7. The zero-order valence-corrected chi connectivity index (χ0v) is 14.7. The van der Waals surface area contributed by atoms with Crippen molar-refractivity contribution in [3.63, 3.8) is 0 Å². The number of nitrogens with one attached hydrogen (secondary N) is 2. The zero-order chi connectivity index (χ0) is 20.7. The lowest BCUT2D eigenvalue weighted by atomic mass is 9.77. The fourth-order valence-corrected chi connectivity index (χ4v) is 3.21. The highest BCUT2D eigenvalue weighted by molar-refractivity contribution is 6.30. The third kappa shape index (κ3) is 3.55. The van der Waals surface area contributed by atoms with Gasteiger partial charge in [0.15, 0.2) is 5.78 Å². The Labute approximate surface area is 161 Å². The molecule has 0 saturated carbocycles. The van der Waals surface area contributed by atoms with E-state index in [-0.39, 0.29) is 16.1 Å². The Morgan fingerprint density at radius 3 is 2.18 bits per heavy atom. The molecule has 3 N–H and O–H groups in total. The number of urea groups is 1. The lowest BCUT2D eigenvalue weighted by Gasteiger charge is -2.45. The van der Waals surface area contributed by atoms with Crippen molar-refractivity contribution in [1.29, 1.82) is 0 Å². The third-order valence-electron chi connectivity index (χ3n) is 4.45. The first-order valence-corrected chi connectivity index (χ1v) is 8.34. The van der Waals surface area contributed by atoms with Gasteiger partial charge in [-0.2, -0.15) is 13.2 Å². The molecule has 1 saturated heterocycles. The standard InChI is InChI=1S/C18H13ClF4N2O3/c19-11-5-1-10(2-6-11)15(26)13-14(9-3-7-12(20)8-4-9)24-16(27)25-17(13,28)18(21,22)23/h1-8,13-14,28H,(H2,24,25,27)/t13-,14-,17-/m0/s1. The number of carbonyl (C=O) groups excluding carboxylic acids is 2. The number of amides is 2. The highest BCUT2D eigenvalue weighted by Crippen LogP contribution is 2.44. The van der Waals surface area contributed by atoms with Gasteiger partial charge in [-0.05, 0) is 42.0 Å². The van der Waals surface area contributed by atoms with E-state index in [1.54, 1.807) is 0 Å². The molecule has 0 bridgehead atoms. The minimum atomic E-state index is -5.37. The molecule has 0 radical (unpaired) electrons. The van der Waals surface area contributed by atoms with Crippen LogP contribution in [0, 0.1) is 11.7 Å². The number of hydrogen-bond donors (Lipinski definition) is 3. The highest BCUT2D eigenvalue weighted by Gasteiger charge is 2.66. The van der Waals surface area contributed by atoms with Crippen molar-refractivity contribution in [2.24, 2.45) is 5.92 Å². The zero-order valence-electron chi connectivity index (χ0n) is 13.9. The van der Waals surface area contributed by atoms with Crippen LogP contribution < -0.4 is 10.6 Å². The van der Waals surface area contributed by atoms with Crippen LogP contribution in [0.15, 0.2) is 48.5 Å². The summed E-state index contributed by atoms with van der Waals surface area (Å²) in [7, 11) is 0. The van der Waals surface area contributed by atoms with Gasteiger partial charge < -0.3 is 15.7 Å². The molecule has 0 aliphatic carbocycles. The van der Waals surface area contributed by atoms with Crippen molar-refractivity contribution >= 4 is 23.4 Å². The van der Waals surface area contributed by atoms with Gasteiger partial charge in [0, 0.05) is 10.6 Å². The van der Waals surface area contributed by atoms with Gasteiger partial charge in [-0.15, -0.1) is 0 Å². The summed E-state index contributed by atoms with van der Waals surface area (Å²) >= 11 is 5.74. The molecule has 1 aliphatic heterocycles. The molecule has 2 aromatic rings. The normalized spacial score (nSPS) is 25.0. The van der Waals surface area contributed by atoms with Gasteiger partial charge in [0.05, 0.1) is 6.04 Å². The van der Waals surface area contributed by atoms with E-state index in [0.717, 1.165) is 24.3 Å². The number of rotatable bonds is 3. The van der Waals surface area contributed by atoms with E-state index in [4.69, 9.17) is 11.6 Å². The first-order valence-electron chi connectivity index (χ1n) is 7.96. The van der Waals surface area contributed by atoms with Crippen LogP contribution in [-0.2, 0) is 0 Å². The summed E-state index contributed by atoms with van der Waals surface area (Å²) in [4.78, 5) is 24.8. The summed E-state index contributed by atoms with van der Waals surface area (Å²) in [5, 5.41) is 14.3. The summed E-state index contributed by atoms with van der Waals surface area (Å²) in [5.41, 5.74) is -3.97. The number of alkyl halides is 3. The number of ketones is 1. The Bertz CT molecular complexity index is 903. The first-order chi connectivity index (χ1) is 13.0. The van der Waals surface area contributed by atoms with Crippen molar-refractivity contribution in [3.8, 4) is 0 Å². The Balaban J connectivity index is 2.15. The average molecular weight is 417 g/mol. The van der Waals surface area contributed by atoms with Crippen LogP contribution in [0.4, 0.5) is 22.4 Å².